The van der Waals surface area contributed by atoms with Crippen LogP contribution in [0.4, 0.5) is 0 Å². The van der Waals surface area contributed by atoms with Crippen LogP contribution in [0.3, 0.4) is 0 Å². The molecule has 1 aromatic carbocycles. The van der Waals surface area contributed by atoms with Crippen LogP contribution in [0.15, 0.2) is 24.3 Å². The van der Waals surface area contributed by atoms with Gasteiger partial charge in [-0.2, -0.15) is 0 Å². The van der Waals surface area contributed by atoms with Crippen LogP contribution in [0.2, 0.25) is 0 Å². The summed E-state index contributed by atoms with van der Waals surface area (Å²) in [5.74, 6) is 0.329. The molecular formula is C13H21NO2. The van der Waals surface area contributed by atoms with Gasteiger partial charge in [0.2, 0.25) is 0 Å². The molecule has 0 fully saturated rings. The molecule has 0 aromatic heterocycles. The third kappa shape index (κ3) is 5.14. The molecule has 0 bridgehead atoms. The third-order valence-corrected chi connectivity index (χ3v) is 2.60. The Balaban J connectivity index is 2.20. The Labute approximate surface area is 97.4 Å². The molecule has 1 aromatic rings. The number of nitrogens with one attached hydrogen (secondary N) is 1. The molecule has 3 heteroatoms. The fourth-order valence-electron chi connectivity index (χ4n) is 1.56. The minimum Gasteiger partial charge on any atom is -0.508 e. The van der Waals surface area contributed by atoms with E-state index in [-0.39, 0.29) is 0 Å². The zero-order valence-corrected chi connectivity index (χ0v) is 10.1. The molecule has 0 aliphatic heterocycles. The first-order valence-corrected chi connectivity index (χ1v) is 5.72. The molecule has 0 saturated heterocycles. The Kier molecular flexibility index (Phi) is 5.90. The first-order chi connectivity index (χ1) is 7.72. The van der Waals surface area contributed by atoms with E-state index in [0.717, 1.165) is 26.0 Å². The van der Waals surface area contributed by atoms with Crippen LogP contribution in [-0.2, 0) is 11.2 Å². The van der Waals surface area contributed by atoms with Crippen LogP contribution in [0.5, 0.6) is 5.75 Å². The second-order valence-corrected chi connectivity index (χ2v) is 4.05. The molecule has 2 N–H and O–H groups in total. The number of phenols is 1. The molecule has 90 valence electrons. The van der Waals surface area contributed by atoms with Crippen LogP contribution < -0.4 is 5.32 Å². The van der Waals surface area contributed by atoms with Crippen LogP contribution in [0, 0.1) is 0 Å². The highest BCUT2D eigenvalue weighted by Crippen LogP contribution is 2.11. The second kappa shape index (κ2) is 7.25. The van der Waals surface area contributed by atoms with Crippen molar-refractivity contribution in [1.29, 1.82) is 0 Å². The van der Waals surface area contributed by atoms with Crippen LogP contribution in [0.1, 0.15) is 18.9 Å². The van der Waals surface area contributed by atoms with Gasteiger partial charge in [0.25, 0.3) is 0 Å². The lowest BCUT2D eigenvalue weighted by Crippen LogP contribution is -2.29. The summed E-state index contributed by atoms with van der Waals surface area (Å²) in [6.45, 7) is 3.83. The van der Waals surface area contributed by atoms with Crippen molar-refractivity contribution in [3.63, 3.8) is 0 Å². The standard InChI is InChI=1S/C13H21NO2/c1-11(14-9-10-16-2)3-4-12-5-7-13(15)8-6-12/h5-8,11,14-15H,3-4,9-10H2,1-2H3/t11-/m0/s1. The Morgan fingerprint density at radius 3 is 2.62 bits per heavy atom. The molecule has 16 heavy (non-hydrogen) atoms. The van der Waals surface area contributed by atoms with Gasteiger partial charge in [0, 0.05) is 19.7 Å². The van der Waals surface area contributed by atoms with Crippen molar-refractivity contribution >= 4 is 0 Å². The number of aromatic hydroxyl groups is 1. The molecule has 0 unspecified atom stereocenters. The van der Waals surface area contributed by atoms with Crippen molar-refractivity contribution in [2.45, 2.75) is 25.8 Å². The highest BCUT2D eigenvalue weighted by Gasteiger charge is 2.01. The van der Waals surface area contributed by atoms with E-state index in [0.29, 0.717) is 11.8 Å². The van der Waals surface area contributed by atoms with E-state index in [1.807, 2.05) is 12.1 Å². The number of hydrogen-bond acceptors (Lipinski definition) is 3. The van der Waals surface area contributed by atoms with Crippen LogP contribution in [-0.4, -0.2) is 31.4 Å². The van der Waals surface area contributed by atoms with Gasteiger partial charge in [-0.25, -0.2) is 0 Å². The van der Waals surface area contributed by atoms with Crippen molar-refractivity contribution < 1.29 is 9.84 Å². The number of benzene rings is 1. The van der Waals surface area contributed by atoms with Gasteiger partial charge in [-0.3, -0.25) is 0 Å². The van der Waals surface area contributed by atoms with Crippen molar-refractivity contribution in [2.24, 2.45) is 0 Å². The maximum Gasteiger partial charge on any atom is 0.115 e. The lowest BCUT2D eigenvalue weighted by molar-refractivity contribution is 0.196. The molecule has 0 aliphatic rings. The second-order valence-electron chi connectivity index (χ2n) is 4.05. The van der Waals surface area contributed by atoms with Crippen molar-refractivity contribution in [3.8, 4) is 5.75 Å². The van der Waals surface area contributed by atoms with Gasteiger partial charge < -0.3 is 15.2 Å². The Hall–Kier alpha value is -1.06. The topological polar surface area (TPSA) is 41.5 Å². The number of rotatable bonds is 7. The van der Waals surface area contributed by atoms with E-state index in [1.54, 1.807) is 19.2 Å². The van der Waals surface area contributed by atoms with Gasteiger partial charge in [0.1, 0.15) is 5.75 Å². The molecule has 3 nitrogen and oxygen atoms in total. The summed E-state index contributed by atoms with van der Waals surface area (Å²) in [7, 11) is 1.71. The minimum absolute atomic E-state index is 0.329. The Morgan fingerprint density at radius 1 is 1.31 bits per heavy atom. The monoisotopic (exact) mass is 223 g/mol. The van der Waals surface area contributed by atoms with Gasteiger partial charge in [-0.15, -0.1) is 0 Å². The normalized spacial score (nSPS) is 12.6. The predicted molar refractivity (Wildman–Crippen MR) is 65.8 cm³/mol. The Morgan fingerprint density at radius 2 is 2.00 bits per heavy atom. The molecule has 0 spiro atoms. The SMILES string of the molecule is COCCN[C@@H](C)CCc1ccc(O)cc1. The van der Waals surface area contributed by atoms with E-state index < -0.39 is 0 Å². The largest absolute Gasteiger partial charge is 0.508 e. The summed E-state index contributed by atoms with van der Waals surface area (Å²) in [6.07, 6.45) is 2.12. The number of ether oxygens (including phenoxy) is 1. The lowest BCUT2D eigenvalue weighted by Gasteiger charge is -2.13. The molecule has 1 rings (SSSR count). The van der Waals surface area contributed by atoms with Crippen molar-refractivity contribution in [2.75, 3.05) is 20.3 Å². The zero-order chi connectivity index (χ0) is 11.8. The fraction of sp³-hybridized carbons (Fsp3) is 0.538. The van der Waals surface area contributed by atoms with Gasteiger partial charge >= 0.3 is 0 Å². The highest BCUT2D eigenvalue weighted by atomic mass is 16.5. The van der Waals surface area contributed by atoms with E-state index in [4.69, 9.17) is 9.84 Å². The van der Waals surface area contributed by atoms with Crippen LogP contribution >= 0.6 is 0 Å². The van der Waals surface area contributed by atoms with Crippen molar-refractivity contribution in [3.05, 3.63) is 29.8 Å². The summed E-state index contributed by atoms with van der Waals surface area (Å²) in [5, 5.41) is 12.5. The lowest BCUT2D eigenvalue weighted by atomic mass is 10.1. The predicted octanol–water partition coefficient (Wildman–Crippen LogP) is 1.95. The summed E-state index contributed by atoms with van der Waals surface area (Å²) in [4.78, 5) is 0. The van der Waals surface area contributed by atoms with E-state index >= 15 is 0 Å². The summed E-state index contributed by atoms with van der Waals surface area (Å²) < 4.78 is 4.98. The van der Waals surface area contributed by atoms with Gasteiger partial charge in [0.15, 0.2) is 0 Å². The molecule has 0 aliphatic carbocycles. The summed E-state index contributed by atoms with van der Waals surface area (Å²) >= 11 is 0. The van der Waals surface area contributed by atoms with Crippen LogP contribution in [0.25, 0.3) is 0 Å². The summed E-state index contributed by atoms with van der Waals surface area (Å²) in [5.41, 5.74) is 1.26. The number of methoxy groups -OCH3 is 1. The molecule has 0 heterocycles. The average molecular weight is 223 g/mol. The maximum absolute atomic E-state index is 9.15. The first-order valence-electron chi connectivity index (χ1n) is 5.72. The average Bonchev–Trinajstić information content (AvgIpc) is 2.29. The maximum atomic E-state index is 9.15. The quantitative estimate of drug-likeness (QED) is 0.694. The Bertz CT molecular complexity index is 284. The number of hydrogen-bond donors (Lipinski definition) is 2. The molecule has 0 amide bonds. The summed E-state index contributed by atoms with van der Waals surface area (Å²) in [6, 6.07) is 7.90. The molecule has 1 atom stereocenters. The third-order valence-electron chi connectivity index (χ3n) is 2.60. The van der Waals surface area contributed by atoms with Crippen molar-refractivity contribution in [1.82, 2.24) is 5.32 Å². The van der Waals surface area contributed by atoms with E-state index in [9.17, 15) is 0 Å². The van der Waals surface area contributed by atoms with Gasteiger partial charge in [0.05, 0.1) is 6.61 Å². The van der Waals surface area contributed by atoms with E-state index in [2.05, 4.69) is 12.2 Å². The molecule has 0 radical (unpaired) electrons. The van der Waals surface area contributed by atoms with Gasteiger partial charge in [-0.1, -0.05) is 12.1 Å². The van der Waals surface area contributed by atoms with Gasteiger partial charge in [-0.05, 0) is 37.5 Å². The highest BCUT2D eigenvalue weighted by molar-refractivity contribution is 5.25. The first kappa shape index (κ1) is 13.0. The molecule has 0 saturated carbocycles. The number of phenolic OH excluding ortho intramolecular Hbond substituents is 1. The molecular weight excluding hydrogens is 202 g/mol. The minimum atomic E-state index is 0.329. The number of aryl methyl sites for hydroxylation is 1. The van der Waals surface area contributed by atoms with E-state index in [1.165, 1.54) is 5.56 Å². The zero-order valence-electron chi connectivity index (χ0n) is 10.1. The smallest absolute Gasteiger partial charge is 0.115 e. The fourth-order valence-corrected chi connectivity index (χ4v) is 1.56.